The highest BCUT2D eigenvalue weighted by Crippen LogP contribution is 2.26. The van der Waals surface area contributed by atoms with E-state index in [9.17, 15) is 4.79 Å². The maximum atomic E-state index is 11.2. The average Bonchev–Trinajstić information content (AvgIpc) is 2.91. The van der Waals surface area contributed by atoms with Gasteiger partial charge in [-0.2, -0.15) is 0 Å². The first kappa shape index (κ1) is 24.3. The van der Waals surface area contributed by atoms with Gasteiger partial charge in [-0.3, -0.25) is 9.69 Å². The number of nitrogens with zero attached hydrogens (tertiary/aromatic N) is 4. The van der Waals surface area contributed by atoms with Gasteiger partial charge >= 0.3 is 0 Å². The van der Waals surface area contributed by atoms with Crippen molar-refractivity contribution < 1.29 is 4.79 Å². The van der Waals surface area contributed by atoms with Crippen molar-refractivity contribution in [2.75, 3.05) is 48.3 Å². The highest BCUT2D eigenvalue weighted by atomic mass is 16.1. The molecule has 36 heavy (non-hydrogen) atoms. The summed E-state index contributed by atoms with van der Waals surface area (Å²) < 4.78 is 0. The molecule has 1 saturated heterocycles. The van der Waals surface area contributed by atoms with E-state index in [0.29, 0.717) is 5.95 Å². The van der Waals surface area contributed by atoms with E-state index >= 15 is 0 Å². The van der Waals surface area contributed by atoms with Crippen molar-refractivity contribution in [3.8, 4) is 11.3 Å². The monoisotopic (exact) mass is 484 g/mol. The largest absolute Gasteiger partial charge is 0.369 e. The summed E-state index contributed by atoms with van der Waals surface area (Å²) in [6.07, 6.45) is 8.88. The van der Waals surface area contributed by atoms with Gasteiger partial charge < -0.3 is 15.5 Å². The molecule has 5 rings (SSSR count). The van der Waals surface area contributed by atoms with Gasteiger partial charge in [0.2, 0.25) is 11.9 Å². The molecule has 0 bridgehead atoms. The third-order valence-electron chi connectivity index (χ3n) is 7.26. The van der Waals surface area contributed by atoms with Crippen LogP contribution in [0.2, 0.25) is 0 Å². The average molecular weight is 485 g/mol. The van der Waals surface area contributed by atoms with Crippen LogP contribution in [0.1, 0.15) is 39.0 Å². The first-order valence-corrected chi connectivity index (χ1v) is 13.2. The minimum atomic E-state index is -0.0841. The number of anilines is 4. The smallest absolute Gasteiger partial charge is 0.227 e. The molecule has 7 heteroatoms. The second-order valence-corrected chi connectivity index (χ2v) is 9.99. The number of piperazine rings is 1. The van der Waals surface area contributed by atoms with Gasteiger partial charge in [0.15, 0.2) is 0 Å². The zero-order chi connectivity index (χ0) is 24.7. The number of hydrogen-bond donors (Lipinski definition) is 2. The van der Waals surface area contributed by atoms with Gasteiger partial charge in [-0.15, -0.1) is 0 Å². The van der Waals surface area contributed by atoms with Crippen LogP contribution < -0.4 is 15.5 Å². The molecule has 2 aromatic carbocycles. The van der Waals surface area contributed by atoms with E-state index in [1.54, 1.807) is 6.20 Å². The lowest BCUT2D eigenvalue weighted by Crippen LogP contribution is -2.48. The van der Waals surface area contributed by atoms with Crippen molar-refractivity contribution >= 4 is 28.9 Å². The van der Waals surface area contributed by atoms with E-state index in [-0.39, 0.29) is 5.91 Å². The van der Waals surface area contributed by atoms with E-state index in [2.05, 4.69) is 54.7 Å². The van der Waals surface area contributed by atoms with Crippen LogP contribution in [-0.4, -0.2) is 53.5 Å². The van der Waals surface area contributed by atoms with Crippen molar-refractivity contribution in [1.29, 1.82) is 0 Å². The summed E-state index contributed by atoms with van der Waals surface area (Å²) in [5.41, 5.74) is 4.79. The molecule has 2 heterocycles. The number of hydrogen-bond acceptors (Lipinski definition) is 6. The Kier molecular flexibility index (Phi) is 7.76. The van der Waals surface area contributed by atoms with Gasteiger partial charge in [0, 0.05) is 68.5 Å². The number of nitrogens with one attached hydrogen (secondary N) is 2. The van der Waals surface area contributed by atoms with E-state index < -0.39 is 0 Å². The summed E-state index contributed by atoms with van der Waals surface area (Å²) in [5, 5.41) is 6.11. The number of rotatable bonds is 7. The number of amides is 1. The zero-order valence-corrected chi connectivity index (χ0v) is 21.1. The van der Waals surface area contributed by atoms with Crippen molar-refractivity contribution in [1.82, 2.24) is 14.9 Å². The molecule has 2 N–H and O–H groups in total. The van der Waals surface area contributed by atoms with Gasteiger partial charge in [-0.05, 0) is 61.2 Å². The molecule has 1 aromatic heterocycles. The Hall–Kier alpha value is -3.45. The molecule has 7 nitrogen and oxygen atoms in total. The van der Waals surface area contributed by atoms with Crippen LogP contribution in [0.25, 0.3) is 11.3 Å². The molecule has 3 aromatic rings. The summed E-state index contributed by atoms with van der Waals surface area (Å²) in [6.45, 7) is 7.28. The standard InChI is InChI=1S/C29H36N6O/c1-22(36)31-25-9-7-24(8-10-25)28-15-16-30-29(33-28)32-26-11-13-27(14-12-26)35-19-17-34(18-20-35)21-23-5-3-2-4-6-23/h7-16,23H,2-6,17-21H2,1H3,(H,31,36)(H,30,32,33). The van der Waals surface area contributed by atoms with Gasteiger partial charge in [0.1, 0.15) is 0 Å². The third kappa shape index (κ3) is 6.40. The van der Waals surface area contributed by atoms with Gasteiger partial charge in [-0.25, -0.2) is 9.97 Å². The molecule has 0 atom stereocenters. The highest BCUT2D eigenvalue weighted by Gasteiger charge is 2.21. The zero-order valence-electron chi connectivity index (χ0n) is 21.1. The lowest BCUT2D eigenvalue weighted by molar-refractivity contribution is -0.114. The Morgan fingerprint density at radius 3 is 2.28 bits per heavy atom. The SMILES string of the molecule is CC(=O)Nc1ccc(-c2ccnc(Nc3ccc(N4CCN(CC5CCCCC5)CC4)cc3)n2)cc1. The van der Waals surface area contributed by atoms with Crippen molar-refractivity contribution in [2.24, 2.45) is 5.92 Å². The van der Waals surface area contributed by atoms with Gasteiger partial charge in [-0.1, -0.05) is 31.4 Å². The Morgan fingerprint density at radius 2 is 1.58 bits per heavy atom. The molecule has 1 aliphatic carbocycles. The van der Waals surface area contributed by atoms with E-state index in [4.69, 9.17) is 0 Å². The predicted molar refractivity (Wildman–Crippen MR) is 147 cm³/mol. The first-order chi connectivity index (χ1) is 17.6. The number of benzene rings is 2. The first-order valence-electron chi connectivity index (χ1n) is 13.2. The molecule has 188 valence electrons. The Labute approximate surface area is 213 Å². The molecule has 0 radical (unpaired) electrons. The van der Waals surface area contributed by atoms with Crippen LogP contribution in [0.3, 0.4) is 0 Å². The lowest BCUT2D eigenvalue weighted by Gasteiger charge is -2.38. The second kappa shape index (κ2) is 11.5. The fraction of sp³-hybridized carbons (Fsp3) is 0.414. The quantitative estimate of drug-likeness (QED) is 0.458. The van der Waals surface area contributed by atoms with Gasteiger partial charge in [0.05, 0.1) is 5.69 Å². The summed E-state index contributed by atoms with van der Waals surface area (Å²) in [7, 11) is 0. The van der Waals surface area contributed by atoms with Crippen molar-refractivity contribution in [2.45, 2.75) is 39.0 Å². The fourth-order valence-corrected chi connectivity index (χ4v) is 5.32. The normalized spacial score (nSPS) is 17.1. The van der Waals surface area contributed by atoms with Crippen LogP contribution in [0.4, 0.5) is 23.0 Å². The molecule has 1 aliphatic heterocycles. The highest BCUT2D eigenvalue weighted by molar-refractivity contribution is 5.88. The molecule has 2 fully saturated rings. The summed E-state index contributed by atoms with van der Waals surface area (Å²) in [4.78, 5) is 25.5. The van der Waals surface area contributed by atoms with Crippen LogP contribution in [0.15, 0.2) is 60.8 Å². The third-order valence-corrected chi connectivity index (χ3v) is 7.26. The molecular formula is C29H36N6O. The maximum Gasteiger partial charge on any atom is 0.227 e. The maximum absolute atomic E-state index is 11.2. The Balaban J connectivity index is 1.15. The topological polar surface area (TPSA) is 73.4 Å². The number of carbonyl (C=O) groups is 1. The number of aromatic nitrogens is 2. The van der Waals surface area contributed by atoms with Crippen LogP contribution in [-0.2, 0) is 4.79 Å². The van der Waals surface area contributed by atoms with E-state index in [1.807, 2.05) is 30.3 Å². The predicted octanol–water partition coefficient (Wildman–Crippen LogP) is 5.55. The Bertz CT molecular complexity index is 1130. The summed E-state index contributed by atoms with van der Waals surface area (Å²) >= 11 is 0. The molecule has 1 amide bonds. The molecule has 0 spiro atoms. The number of carbonyl (C=O) groups excluding carboxylic acids is 1. The van der Waals surface area contributed by atoms with Crippen LogP contribution >= 0.6 is 0 Å². The molecule has 1 saturated carbocycles. The Morgan fingerprint density at radius 1 is 0.889 bits per heavy atom. The summed E-state index contributed by atoms with van der Waals surface area (Å²) in [6, 6.07) is 18.1. The van der Waals surface area contributed by atoms with E-state index in [1.165, 1.54) is 51.3 Å². The molecule has 2 aliphatic rings. The van der Waals surface area contributed by atoms with E-state index in [0.717, 1.165) is 54.7 Å². The summed E-state index contributed by atoms with van der Waals surface area (Å²) in [5.74, 6) is 1.39. The lowest BCUT2D eigenvalue weighted by atomic mass is 9.89. The van der Waals surface area contributed by atoms with Crippen molar-refractivity contribution in [3.05, 3.63) is 60.8 Å². The van der Waals surface area contributed by atoms with Crippen LogP contribution in [0.5, 0.6) is 0 Å². The second-order valence-electron chi connectivity index (χ2n) is 9.99. The van der Waals surface area contributed by atoms with Crippen LogP contribution in [0, 0.1) is 5.92 Å². The van der Waals surface area contributed by atoms with Gasteiger partial charge in [0.25, 0.3) is 0 Å². The molecule has 0 unspecified atom stereocenters. The van der Waals surface area contributed by atoms with Crippen molar-refractivity contribution in [3.63, 3.8) is 0 Å². The minimum absolute atomic E-state index is 0.0841. The molecular weight excluding hydrogens is 448 g/mol. The fourth-order valence-electron chi connectivity index (χ4n) is 5.32. The minimum Gasteiger partial charge on any atom is -0.369 e.